The fourth-order valence-electron chi connectivity index (χ4n) is 2.56. The predicted molar refractivity (Wildman–Crippen MR) is 82.2 cm³/mol. The Hall–Kier alpha value is -2.26. The van der Waals surface area contributed by atoms with Crippen molar-refractivity contribution in [3.8, 4) is 0 Å². The van der Waals surface area contributed by atoms with E-state index in [0.29, 0.717) is 0 Å². The monoisotopic (exact) mass is 342 g/mol. The van der Waals surface area contributed by atoms with Gasteiger partial charge in [-0.15, -0.1) is 0 Å². The summed E-state index contributed by atoms with van der Waals surface area (Å²) >= 11 is 0. The number of carbonyl (C=O) groups excluding carboxylic acids is 2. The number of nitrogens with one attached hydrogen (secondary N) is 2. The zero-order chi connectivity index (χ0) is 18.2. The number of nitrogens with zero attached hydrogens (tertiary/aromatic N) is 2. The number of hydrogen-bond acceptors (Lipinski definition) is 6. The predicted octanol–water partition coefficient (Wildman–Crippen LogP) is -0.0361. The maximum atomic E-state index is 12.2. The molecule has 2 aliphatic carbocycles. The SMILES string of the molecule is CC(C)[C@](C)(CNC(=O)[C@@H]1C[C@@H]1[N+](=O)[O-])NC(=O)[C@@H]1C[C@@H]1[N+](=O)[O-]. The lowest BCUT2D eigenvalue weighted by atomic mass is 9.88. The number of hydrogen-bond donors (Lipinski definition) is 2. The van der Waals surface area contributed by atoms with E-state index in [4.69, 9.17) is 0 Å². The molecule has 0 heterocycles. The molecule has 0 spiro atoms. The molecule has 0 saturated heterocycles. The molecule has 0 bridgehead atoms. The summed E-state index contributed by atoms with van der Waals surface area (Å²) in [5, 5.41) is 26.7. The summed E-state index contributed by atoms with van der Waals surface area (Å²) in [6.45, 7) is 5.59. The summed E-state index contributed by atoms with van der Waals surface area (Å²) in [5.74, 6) is -2.07. The first-order valence-electron chi connectivity index (χ1n) is 7.93. The van der Waals surface area contributed by atoms with Crippen molar-refractivity contribution in [1.82, 2.24) is 10.6 Å². The lowest BCUT2D eigenvalue weighted by Crippen LogP contribution is -2.57. The minimum absolute atomic E-state index is 0.0416. The molecule has 2 N–H and O–H groups in total. The van der Waals surface area contributed by atoms with Crippen LogP contribution in [0.25, 0.3) is 0 Å². The molecule has 0 aliphatic heterocycles. The molecule has 0 unspecified atom stereocenters. The maximum Gasteiger partial charge on any atom is 0.230 e. The van der Waals surface area contributed by atoms with Crippen molar-refractivity contribution in [3.05, 3.63) is 20.2 Å². The van der Waals surface area contributed by atoms with E-state index in [1.807, 2.05) is 13.8 Å². The molecule has 5 atom stereocenters. The molecule has 0 radical (unpaired) electrons. The van der Waals surface area contributed by atoms with Gasteiger partial charge in [-0.1, -0.05) is 13.8 Å². The highest BCUT2D eigenvalue weighted by atomic mass is 16.6. The van der Waals surface area contributed by atoms with Crippen LogP contribution in [0.15, 0.2) is 0 Å². The van der Waals surface area contributed by atoms with Gasteiger partial charge < -0.3 is 10.6 Å². The molecule has 2 saturated carbocycles. The van der Waals surface area contributed by atoms with Crippen LogP contribution in [0, 0.1) is 38.0 Å². The second-order valence-corrected chi connectivity index (χ2v) is 7.17. The van der Waals surface area contributed by atoms with E-state index in [-0.39, 0.29) is 25.3 Å². The Balaban J connectivity index is 1.88. The number of carbonyl (C=O) groups is 2. The first-order chi connectivity index (χ1) is 11.1. The van der Waals surface area contributed by atoms with Gasteiger partial charge in [0.2, 0.25) is 23.9 Å². The molecule has 0 aromatic carbocycles. The number of amides is 2. The average molecular weight is 342 g/mol. The highest BCUT2D eigenvalue weighted by Crippen LogP contribution is 2.35. The van der Waals surface area contributed by atoms with Gasteiger partial charge in [0.05, 0.1) is 5.54 Å². The third kappa shape index (κ3) is 3.80. The van der Waals surface area contributed by atoms with Crippen LogP contribution in [0.3, 0.4) is 0 Å². The van der Waals surface area contributed by atoms with Crippen LogP contribution in [0.5, 0.6) is 0 Å². The molecular formula is C14H22N4O6. The van der Waals surface area contributed by atoms with E-state index >= 15 is 0 Å². The quantitative estimate of drug-likeness (QED) is 0.468. The highest BCUT2D eigenvalue weighted by Gasteiger charge is 2.55. The minimum Gasteiger partial charge on any atom is -0.353 e. The van der Waals surface area contributed by atoms with E-state index in [1.54, 1.807) is 6.92 Å². The Morgan fingerprint density at radius 3 is 1.92 bits per heavy atom. The zero-order valence-electron chi connectivity index (χ0n) is 13.9. The van der Waals surface area contributed by atoms with Gasteiger partial charge in [-0.2, -0.15) is 0 Å². The maximum absolute atomic E-state index is 12.2. The molecule has 0 aromatic heterocycles. The van der Waals surface area contributed by atoms with Crippen molar-refractivity contribution < 1.29 is 19.4 Å². The van der Waals surface area contributed by atoms with Gasteiger partial charge in [0.25, 0.3) is 0 Å². The summed E-state index contributed by atoms with van der Waals surface area (Å²) < 4.78 is 0. The van der Waals surface area contributed by atoms with Crippen molar-refractivity contribution >= 4 is 11.8 Å². The Kier molecular flexibility index (Phi) is 4.77. The summed E-state index contributed by atoms with van der Waals surface area (Å²) in [5.41, 5.74) is -0.782. The van der Waals surface area contributed by atoms with Crippen LogP contribution in [0.2, 0.25) is 0 Å². The van der Waals surface area contributed by atoms with E-state index in [9.17, 15) is 29.8 Å². The van der Waals surface area contributed by atoms with E-state index in [0.717, 1.165) is 0 Å². The standard InChI is InChI=1S/C14H22N4O6/c1-7(2)14(3,16-13(20)9-5-11(9)18(23)24)6-15-12(19)8-4-10(8)17(21)22/h7-11H,4-6H2,1-3H3,(H,15,19)(H,16,20)/t8-,9-,10+,11+,14+/m1/s1. The van der Waals surface area contributed by atoms with Crippen LogP contribution < -0.4 is 10.6 Å². The van der Waals surface area contributed by atoms with Gasteiger partial charge >= 0.3 is 0 Å². The third-order valence-electron chi connectivity index (χ3n) is 5.04. The molecule has 2 fully saturated rings. The molecule has 2 amide bonds. The summed E-state index contributed by atoms with van der Waals surface area (Å²) in [7, 11) is 0. The lowest BCUT2D eigenvalue weighted by molar-refractivity contribution is -0.497. The minimum atomic E-state index is -0.830. The Labute approximate surface area is 138 Å². The van der Waals surface area contributed by atoms with E-state index in [2.05, 4.69) is 10.6 Å². The van der Waals surface area contributed by atoms with Crippen molar-refractivity contribution in [1.29, 1.82) is 0 Å². The molecule has 0 aromatic rings. The Morgan fingerprint density at radius 2 is 1.54 bits per heavy atom. The molecule has 10 heteroatoms. The second kappa shape index (κ2) is 6.33. The second-order valence-electron chi connectivity index (χ2n) is 7.17. The van der Waals surface area contributed by atoms with Gasteiger partial charge in [0, 0.05) is 29.2 Å². The number of nitro groups is 2. The molecule has 2 rings (SSSR count). The number of rotatable bonds is 8. The van der Waals surface area contributed by atoms with Crippen molar-refractivity contribution in [2.24, 2.45) is 17.8 Å². The van der Waals surface area contributed by atoms with Gasteiger partial charge in [-0.3, -0.25) is 29.8 Å². The first kappa shape index (κ1) is 18.1. The van der Waals surface area contributed by atoms with Gasteiger partial charge in [0.1, 0.15) is 11.8 Å². The normalized spacial score (nSPS) is 30.2. The summed E-state index contributed by atoms with van der Waals surface area (Å²) in [6.07, 6.45) is 0.460. The molecule has 24 heavy (non-hydrogen) atoms. The van der Waals surface area contributed by atoms with Crippen LogP contribution in [-0.2, 0) is 9.59 Å². The Bertz CT molecular complexity index is 580. The largest absolute Gasteiger partial charge is 0.353 e. The fraction of sp³-hybridized carbons (Fsp3) is 0.857. The van der Waals surface area contributed by atoms with Crippen molar-refractivity contribution in [2.45, 2.75) is 51.2 Å². The topological polar surface area (TPSA) is 144 Å². The van der Waals surface area contributed by atoms with Crippen LogP contribution in [-0.4, -0.2) is 45.8 Å². The average Bonchev–Trinajstić information content (AvgIpc) is 3.36. The van der Waals surface area contributed by atoms with Gasteiger partial charge in [-0.25, -0.2) is 0 Å². The summed E-state index contributed by atoms with van der Waals surface area (Å²) in [6, 6.07) is -1.65. The smallest absolute Gasteiger partial charge is 0.230 e. The molecule has 134 valence electrons. The first-order valence-corrected chi connectivity index (χ1v) is 7.93. The lowest BCUT2D eigenvalue weighted by Gasteiger charge is -2.35. The van der Waals surface area contributed by atoms with Crippen molar-refractivity contribution in [2.75, 3.05) is 6.54 Å². The van der Waals surface area contributed by atoms with E-state index < -0.39 is 51.1 Å². The van der Waals surface area contributed by atoms with Gasteiger partial charge in [-0.05, 0) is 12.8 Å². The fourth-order valence-corrected chi connectivity index (χ4v) is 2.56. The van der Waals surface area contributed by atoms with E-state index in [1.165, 1.54) is 0 Å². The Morgan fingerprint density at radius 1 is 1.08 bits per heavy atom. The highest BCUT2D eigenvalue weighted by molar-refractivity contribution is 5.83. The molecular weight excluding hydrogens is 320 g/mol. The van der Waals surface area contributed by atoms with Crippen molar-refractivity contribution in [3.63, 3.8) is 0 Å². The molecule has 2 aliphatic rings. The molecule has 10 nitrogen and oxygen atoms in total. The van der Waals surface area contributed by atoms with Gasteiger partial charge in [0.15, 0.2) is 0 Å². The third-order valence-corrected chi connectivity index (χ3v) is 5.04. The zero-order valence-corrected chi connectivity index (χ0v) is 13.9. The van der Waals surface area contributed by atoms with Crippen LogP contribution in [0.1, 0.15) is 33.6 Å². The summed E-state index contributed by atoms with van der Waals surface area (Å²) in [4.78, 5) is 44.5. The van der Waals surface area contributed by atoms with Crippen LogP contribution in [0.4, 0.5) is 0 Å². The van der Waals surface area contributed by atoms with Crippen LogP contribution >= 0.6 is 0 Å².